The molecule has 1 atom stereocenters. The van der Waals surface area contributed by atoms with Crippen LogP contribution in [-0.2, 0) is 16.2 Å². The molecule has 0 bridgehead atoms. The first-order valence-electron chi connectivity index (χ1n) is 9.50. The van der Waals surface area contributed by atoms with Gasteiger partial charge in [-0.15, -0.1) is 0 Å². The van der Waals surface area contributed by atoms with Crippen molar-refractivity contribution in [3.8, 4) is 5.75 Å². The Bertz CT molecular complexity index is 1110. The van der Waals surface area contributed by atoms with Gasteiger partial charge in [-0.2, -0.15) is 5.10 Å². The van der Waals surface area contributed by atoms with Crippen molar-refractivity contribution in [3.05, 3.63) is 77.2 Å². The first kappa shape index (κ1) is 19.6. The van der Waals surface area contributed by atoms with E-state index >= 15 is 0 Å². The average Bonchev–Trinajstić information content (AvgIpc) is 3.37. The zero-order valence-corrected chi connectivity index (χ0v) is 16.6. The van der Waals surface area contributed by atoms with Gasteiger partial charge in [-0.1, -0.05) is 35.5 Å². The second-order valence-corrected chi connectivity index (χ2v) is 6.95. The zero-order chi connectivity index (χ0) is 21.1. The molecule has 0 radical (unpaired) electrons. The third-order valence-electron chi connectivity index (χ3n) is 4.89. The molecule has 0 saturated carbocycles. The van der Waals surface area contributed by atoms with Crippen molar-refractivity contribution in [2.24, 2.45) is 5.16 Å². The predicted molar refractivity (Wildman–Crippen MR) is 110 cm³/mol. The second kappa shape index (κ2) is 8.36. The Morgan fingerprint density at radius 1 is 1.27 bits per heavy atom. The molecule has 3 aromatic rings. The Labute approximate surface area is 173 Å². The normalized spacial score (nSPS) is 15.4. The minimum atomic E-state index is -0.762. The third-order valence-corrected chi connectivity index (χ3v) is 4.89. The van der Waals surface area contributed by atoms with Crippen LogP contribution < -0.4 is 10.1 Å². The topological polar surface area (TPSA) is 77.7 Å². The number of carbonyl (C=O) groups excluding carboxylic acids is 1. The summed E-state index contributed by atoms with van der Waals surface area (Å²) in [5.41, 5.74) is 2.76. The van der Waals surface area contributed by atoms with Crippen LogP contribution in [0.3, 0.4) is 0 Å². The smallest absolute Gasteiger partial charge is 0.269 e. The number of oxime groups is 1. The van der Waals surface area contributed by atoms with Crippen LogP contribution in [0.4, 0.5) is 10.2 Å². The van der Waals surface area contributed by atoms with E-state index in [-0.39, 0.29) is 18.3 Å². The van der Waals surface area contributed by atoms with Gasteiger partial charge in [0.15, 0.2) is 5.82 Å². The maximum atomic E-state index is 13.9. The summed E-state index contributed by atoms with van der Waals surface area (Å²) in [4.78, 5) is 18.0. The van der Waals surface area contributed by atoms with E-state index in [1.807, 2.05) is 31.2 Å². The van der Waals surface area contributed by atoms with E-state index in [0.29, 0.717) is 29.3 Å². The number of aryl methyl sites for hydroxylation is 1. The Morgan fingerprint density at radius 2 is 2.03 bits per heavy atom. The van der Waals surface area contributed by atoms with Crippen molar-refractivity contribution in [2.45, 2.75) is 26.0 Å². The molecule has 0 aliphatic carbocycles. The Hall–Kier alpha value is -3.68. The largest absolute Gasteiger partial charge is 0.496 e. The maximum Gasteiger partial charge on any atom is 0.269 e. The molecule has 2 heterocycles. The van der Waals surface area contributed by atoms with E-state index in [9.17, 15) is 9.18 Å². The quantitative estimate of drug-likeness (QED) is 0.677. The van der Waals surface area contributed by atoms with Crippen molar-refractivity contribution < 1.29 is 18.8 Å². The number of aromatic nitrogens is 2. The van der Waals surface area contributed by atoms with Crippen LogP contribution in [0.15, 0.2) is 59.8 Å². The maximum absolute atomic E-state index is 13.9. The summed E-state index contributed by atoms with van der Waals surface area (Å²) in [5.74, 6) is 0.407. The van der Waals surface area contributed by atoms with Crippen LogP contribution in [-0.4, -0.2) is 34.6 Å². The van der Waals surface area contributed by atoms with Gasteiger partial charge in [0.25, 0.3) is 5.91 Å². The highest BCUT2D eigenvalue weighted by molar-refractivity contribution is 6.07. The molecule has 0 fully saturated rings. The fourth-order valence-corrected chi connectivity index (χ4v) is 3.29. The van der Waals surface area contributed by atoms with Crippen LogP contribution in [0.1, 0.15) is 23.2 Å². The number of nitrogens with zero attached hydrogens (tertiary/aromatic N) is 3. The molecule has 0 saturated heterocycles. The first-order valence-corrected chi connectivity index (χ1v) is 9.50. The van der Waals surface area contributed by atoms with Crippen molar-refractivity contribution in [3.63, 3.8) is 0 Å². The van der Waals surface area contributed by atoms with E-state index in [2.05, 4.69) is 15.6 Å². The fraction of sp³-hybridized carbons (Fsp3) is 0.227. The molecule has 4 rings (SSSR count). The van der Waals surface area contributed by atoms with Gasteiger partial charge in [0.05, 0.1) is 19.4 Å². The summed E-state index contributed by atoms with van der Waals surface area (Å²) >= 11 is 0. The minimum Gasteiger partial charge on any atom is -0.496 e. The molecule has 30 heavy (non-hydrogen) atoms. The van der Waals surface area contributed by atoms with Crippen LogP contribution in [0.5, 0.6) is 5.75 Å². The number of hydrogen-bond acceptors (Lipinski definition) is 5. The van der Waals surface area contributed by atoms with Crippen LogP contribution >= 0.6 is 0 Å². The Morgan fingerprint density at radius 3 is 2.83 bits per heavy atom. The molecular weight excluding hydrogens is 387 g/mol. The van der Waals surface area contributed by atoms with Gasteiger partial charge in [0.1, 0.15) is 11.6 Å². The van der Waals surface area contributed by atoms with Gasteiger partial charge >= 0.3 is 0 Å². The standard InChI is InChI=1S/C22H21FN4O3/c1-14-11-21(25-27(14)13-15-7-3-5-9-17(15)23)24-22(28)20-12-18(26-30-20)16-8-4-6-10-19(16)29-2/h3-11,20H,12-13H2,1-2H3,(H,24,25,28). The highest BCUT2D eigenvalue weighted by Crippen LogP contribution is 2.25. The number of halogens is 1. The average molecular weight is 408 g/mol. The summed E-state index contributed by atoms with van der Waals surface area (Å²) in [6.45, 7) is 2.12. The molecule has 1 amide bonds. The van der Waals surface area contributed by atoms with Crippen molar-refractivity contribution in [2.75, 3.05) is 12.4 Å². The summed E-state index contributed by atoms with van der Waals surface area (Å²) in [6, 6.07) is 15.7. The lowest BCUT2D eigenvalue weighted by Crippen LogP contribution is -2.28. The lowest BCUT2D eigenvalue weighted by molar-refractivity contribution is -0.125. The van der Waals surface area contributed by atoms with Gasteiger partial charge in [-0.05, 0) is 25.1 Å². The highest BCUT2D eigenvalue weighted by atomic mass is 19.1. The first-order chi connectivity index (χ1) is 14.5. The number of para-hydroxylation sites is 1. The van der Waals surface area contributed by atoms with Gasteiger partial charge in [-0.3, -0.25) is 9.48 Å². The molecule has 1 N–H and O–H groups in total. The summed E-state index contributed by atoms with van der Waals surface area (Å²) in [7, 11) is 1.58. The number of rotatable bonds is 6. The van der Waals surface area contributed by atoms with E-state index in [0.717, 1.165) is 11.3 Å². The zero-order valence-electron chi connectivity index (χ0n) is 16.6. The van der Waals surface area contributed by atoms with Crippen LogP contribution in [0.2, 0.25) is 0 Å². The molecule has 7 nitrogen and oxygen atoms in total. The molecule has 1 aromatic heterocycles. The molecule has 2 aromatic carbocycles. The van der Waals surface area contributed by atoms with Crippen LogP contribution in [0, 0.1) is 12.7 Å². The molecule has 8 heteroatoms. The van der Waals surface area contributed by atoms with E-state index in [1.54, 1.807) is 36.1 Å². The van der Waals surface area contributed by atoms with Gasteiger partial charge < -0.3 is 14.9 Å². The summed E-state index contributed by atoms with van der Waals surface area (Å²) < 4.78 is 20.9. The summed E-state index contributed by atoms with van der Waals surface area (Å²) in [5, 5.41) is 11.2. The third kappa shape index (κ3) is 4.03. The van der Waals surface area contributed by atoms with Gasteiger partial charge in [-0.25, -0.2) is 4.39 Å². The molecule has 1 aliphatic heterocycles. The second-order valence-electron chi connectivity index (χ2n) is 6.95. The van der Waals surface area contributed by atoms with Crippen molar-refractivity contribution >= 4 is 17.4 Å². The van der Waals surface area contributed by atoms with E-state index < -0.39 is 6.10 Å². The fourth-order valence-electron chi connectivity index (χ4n) is 3.29. The number of methoxy groups -OCH3 is 1. The van der Waals surface area contributed by atoms with Gasteiger partial charge in [0.2, 0.25) is 6.10 Å². The lowest BCUT2D eigenvalue weighted by atomic mass is 10.0. The van der Waals surface area contributed by atoms with Crippen molar-refractivity contribution in [1.82, 2.24) is 9.78 Å². The number of nitrogens with one attached hydrogen (secondary N) is 1. The Balaban J connectivity index is 1.41. The molecular formula is C22H21FN4O3. The van der Waals surface area contributed by atoms with Crippen LogP contribution in [0.25, 0.3) is 0 Å². The predicted octanol–water partition coefficient (Wildman–Crippen LogP) is 3.52. The number of amides is 1. The van der Waals surface area contributed by atoms with Crippen molar-refractivity contribution in [1.29, 1.82) is 0 Å². The minimum absolute atomic E-state index is 0.273. The number of ether oxygens (including phenoxy) is 1. The van der Waals surface area contributed by atoms with Gasteiger partial charge in [0, 0.05) is 29.3 Å². The number of benzene rings is 2. The number of anilines is 1. The SMILES string of the molecule is COc1ccccc1C1=NOC(C(=O)Nc2cc(C)n(Cc3ccccc3F)n2)C1. The monoisotopic (exact) mass is 408 g/mol. The summed E-state index contributed by atoms with van der Waals surface area (Å²) in [6.07, 6.45) is -0.442. The highest BCUT2D eigenvalue weighted by Gasteiger charge is 2.30. The molecule has 154 valence electrons. The number of carbonyl (C=O) groups is 1. The molecule has 0 spiro atoms. The number of hydrogen-bond donors (Lipinski definition) is 1. The molecule has 1 aliphatic rings. The van der Waals surface area contributed by atoms with E-state index in [1.165, 1.54) is 6.07 Å². The lowest BCUT2D eigenvalue weighted by Gasteiger charge is -2.08. The van der Waals surface area contributed by atoms with E-state index in [4.69, 9.17) is 9.57 Å². The molecule has 1 unspecified atom stereocenters. The Kier molecular flexibility index (Phi) is 5.47.